The monoisotopic (exact) mass is 734 g/mol. The van der Waals surface area contributed by atoms with Crippen LogP contribution in [0.4, 0.5) is 4.79 Å². The first-order valence-corrected chi connectivity index (χ1v) is 19.0. The molecule has 0 aliphatic rings. The maximum atomic E-state index is 14.4. The minimum absolute atomic E-state index is 0.0395. The van der Waals surface area contributed by atoms with Crippen LogP contribution in [0.5, 0.6) is 0 Å². The standard InChI is InChI=1S/C40H39N4O8P/c45-38(42-36(39(46)47)22-30-24-41-34-19-11-10-18-33(30)34)31(21-32-23-35(44-52-32)29-16-8-3-9-17-29)26-53(49,50)37(20-27-12-4-1-5-13-27)43-40(48)51-25-28-14-6-2-7-15-28/h1-19,23-24,31,36-37,41H,20-22,25-26H2,(H,42,45)(H,43,48)(H,46,47)(H,49,50)/t31-,36+,37-/m0/s1. The van der Waals surface area contributed by atoms with E-state index in [-0.39, 0.29) is 31.6 Å². The lowest BCUT2D eigenvalue weighted by molar-refractivity contribution is -0.142. The second kappa shape index (κ2) is 17.0. The van der Waals surface area contributed by atoms with Gasteiger partial charge in [-0.1, -0.05) is 114 Å². The number of aromatic nitrogens is 2. The van der Waals surface area contributed by atoms with Crippen molar-refractivity contribution in [1.29, 1.82) is 0 Å². The van der Waals surface area contributed by atoms with Crippen molar-refractivity contribution >= 4 is 36.2 Å². The Hall–Kier alpha value is -5.97. The lowest BCUT2D eigenvalue weighted by Crippen LogP contribution is -2.46. The molecular formula is C40H39N4O8P. The highest BCUT2D eigenvalue weighted by atomic mass is 31.2. The number of rotatable bonds is 16. The van der Waals surface area contributed by atoms with E-state index in [1.54, 1.807) is 66.9 Å². The minimum atomic E-state index is -4.46. The quantitative estimate of drug-likeness (QED) is 0.0688. The largest absolute Gasteiger partial charge is 0.480 e. The number of alkyl carbamates (subject to hydrolysis) is 1. The predicted molar refractivity (Wildman–Crippen MR) is 199 cm³/mol. The van der Waals surface area contributed by atoms with Crippen molar-refractivity contribution in [2.45, 2.75) is 37.7 Å². The number of carboxylic acid groups (broad SMARTS) is 1. The lowest BCUT2D eigenvalue weighted by Gasteiger charge is -2.27. The molecule has 6 rings (SSSR count). The number of nitrogens with one attached hydrogen (secondary N) is 3. The smallest absolute Gasteiger partial charge is 0.408 e. The maximum Gasteiger partial charge on any atom is 0.408 e. The Balaban J connectivity index is 1.26. The second-order valence-electron chi connectivity index (χ2n) is 12.8. The third kappa shape index (κ3) is 9.88. The summed E-state index contributed by atoms with van der Waals surface area (Å²) in [5.74, 6) is -4.39. The molecule has 0 aliphatic carbocycles. The molecule has 5 N–H and O–H groups in total. The van der Waals surface area contributed by atoms with Crippen molar-refractivity contribution in [3.8, 4) is 11.3 Å². The molecule has 12 nitrogen and oxygen atoms in total. The van der Waals surface area contributed by atoms with Crippen molar-refractivity contribution in [2.75, 3.05) is 6.16 Å². The molecule has 2 aromatic heterocycles. The first kappa shape index (κ1) is 36.8. The fourth-order valence-electron chi connectivity index (χ4n) is 6.12. The number of aliphatic carboxylic acids is 1. The summed E-state index contributed by atoms with van der Waals surface area (Å²) in [6.45, 7) is -0.0618. The molecule has 0 fully saturated rings. The second-order valence-corrected chi connectivity index (χ2v) is 15.3. The van der Waals surface area contributed by atoms with Gasteiger partial charge in [-0.25, -0.2) is 9.59 Å². The Bertz CT molecular complexity index is 2190. The van der Waals surface area contributed by atoms with Gasteiger partial charge < -0.3 is 34.9 Å². The molecule has 0 aliphatic heterocycles. The van der Waals surface area contributed by atoms with Gasteiger partial charge in [0, 0.05) is 54.2 Å². The number of amides is 2. The van der Waals surface area contributed by atoms with E-state index in [1.165, 1.54) is 0 Å². The molecule has 0 bridgehead atoms. The Labute approximate surface area is 305 Å². The van der Waals surface area contributed by atoms with Gasteiger partial charge >= 0.3 is 12.1 Å². The third-order valence-electron chi connectivity index (χ3n) is 8.90. The number of fused-ring (bicyclic) bond motifs is 1. The van der Waals surface area contributed by atoms with Crippen LogP contribution in [0.1, 0.15) is 22.5 Å². The van der Waals surface area contributed by atoms with Gasteiger partial charge in [-0.3, -0.25) is 9.36 Å². The number of benzene rings is 4. The molecule has 2 amide bonds. The molecule has 0 saturated carbocycles. The van der Waals surface area contributed by atoms with Gasteiger partial charge in [0.05, 0.1) is 5.92 Å². The molecule has 1 unspecified atom stereocenters. The Morgan fingerprint density at radius 3 is 2.15 bits per heavy atom. The number of nitrogens with zero attached hydrogens (tertiary/aromatic N) is 1. The fourth-order valence-corrected chi connectivity index (χ4v) is 8.11. The van der Waals surface area contributed by atoms with Gasteiger partial charge in [0.15, 0.2) is 0 Å². The van der Waals surface area contributed by atoms with E-state index < -0.39 is 49.2 Å². The number of para-hydroxylation sites is 1. The average Bonchev–Trinajstić information content (AvgIpc) is 3.81. The highest BCUT2D eigenvalue weighted by Crippen LogP contribution is 2.48. The van der Waals surface area contributed by atoms with Crippen molar-refractivity contribution in [1.82, 2.24) is 20.8 Å². The van der Waals surface area contributed by atoms with Gasteiger partial charge in [0.2, 0.25) is 13.3 Å². The number of carbonyl (C=O) groups is 3. The van der Waals surface area contributed by atoms with Crippen molar-refractivity contribution < 1.29 is 38.2 Å². The highest BCUT2D eigenvalue weighted by Gasteiger charge is 2.39. The van der Waals surface area contributed by atoms with Crippen LogP contribution in [0.3, 0.4) is 0 Å². The van der Waals surface area contributed by atoms with E-state index >= 15 is 0 Å². The third-order valence-corrected chi connectivity index (χ3v) is 11.1. The summed E-state index contributed by atoms with van der Waals surface area (Å²) in [5, 5.41) is 20.3. The molecule has 2 heterocycles. The molecule has 6 aromatic rings. The molecular weight excluding hydrogens is 695 g/mol. The van der Waals surface area contributed by atoms with Crippen molar-refractivity contribution in [2.24, 2.45) is 5.92 Å². The van der Waals surface area contributed by atoms with Crippen LogP contribution in [-0.2, 0) is 44.8 Å². The Morgan fingerprint density at radius 2 is 1.45 bits per heavy atom. The summed E-state index contributed by atoms with van der Waals surface area (Å²) in [5.41, 5.74) is 4.16. The van der Waals surface area contributed by atoms with Crippen molar-refractivity contribution in [3.05, 3.63) is 150 Å². The van der Waals surface area contributed by atoms with E-state index in [1.807, 2.05) is 60.7 Å². The van der Waals surface area contributed by atoms with E-state index in [0.29, 0.717) is 16.8 Å². The van der Waals surface area contributed by atoms with E-state index in [9.17, 15) is 28.9 Å². The molecule has 272 valence electrons. The zero-order valence-corrected chi connectivity index (χ0v) is 29.5. The van der Waals surface area contributed by atoms with Crippen LogP contribution >= 0.6 is 7.37 Å². The van der Waals surface area contributed by atoms with Crippen LogP contribution in [-0.4, -0.2) is 56.1 Å². The number of carbonyl (C=O) groups excluding carboxylic acids is 2. The van der Waals surface area contributed by atoms with E-state index in [4.69, 9.17) is 9.26 Å². The van der Waals surface area contributed by atoms with Gasteiger partial charge in [0.1, 0.15) is 29.9 Å². The number of hydrogen-bond donors (Lipinski definition) is 5. The minimum Gasteiger partial charge on any atom is -0.480 e. The predicted octanol–water partition coefficient (Wildman–Crippen LogP) is 6.56. The summed E-state index contributed by atoms with van der Waals surface area (Å²) in [4.78, 5) is 54.5. The Morgan fingerprint density at radius 1 is 0.811 bits per heavy atom. The SMILES string of the molecule is O=C(N[C@H](Cc1ccccc1)P(=O)(O)C[C@H](Cc1cc(-c2ccccc2)no1)C(=O)N[C@H](Cc1c[nH]c2ccccc12)C(=O)O)OCc1ccccc1. The summed E-state index contributed by atoms with van der Waals surface area (Å²) in [6.07, 6.45) is -0.0783. The number of hydrogen-bond acceptors (Lipinski definition) is 7. The van der Waals surface area contributed by atoms with Crippen LogP contribution in [0.25, 0.3) is 22.2 Å². The molecule has 13 heteroatoms. The number of H-pyrrole nitrogens is 1. The molecule has 0 saturated heterocycles. The number of carboxylic acids is 1. The number of ether oxygens (including phenoxy) is 1. The number of aromatic amines is 1. The summed E-state index contributed by atoms with van der Waals surface area (Å²) >= 11 is 0. The summed E-state index contributed by atoms with van der Waals surface area (Å²) in [7, 11) is -4.46. The van der Waals surface area contributed by atoms with E-state index in [0.717, 1.165) is 22.0 Å². The normalized spacial score (nSPS) is 14.1. The van der Waals surface area contributed by atoms with Crippen LogP contribution in [0.2, 0.25) is 0 Å². The fraction of sp³-hybridized carbons (Fsp3) is 0.200. The first-order valence-electron chi connectivity index (χ1n) is 17.1. The molecule has 0 radical (unpaired) electrons. The topological polar surface area (TPSA) is 184 Å². The first-order chi connectivity index (χ1) is 25.6. The van der Waals surface area contributed by atoms with E-state index in [2.05, 4.69) is 20.8 Å². The van der Waals surface area contributed by atoms with Crippen LogP contribution < -0.4 is 10.6 Å². The maximum absolute atomic E-state index is 14.4. The zero-order chi connectivity index (χ0) is 37.2. The molecule has 4 atom stereocenters. The van der Waals surface area contributed by atoms with Crippen LogP contribution in [0.15, 0.2) is 132 Å². The lowest BCUT2D eigenvalue weighted by atomic mass is 10.0. The van der Waals surface area contributed by atoms with Crippen LogP contribution in [0, 0.1) is 5.92 Å². The zero-order valence-electron chi connectivity index (χ0n) is 28.6. The molecule has 4 aromatic carbocycles. The molecule has 53 heavy (non-hydrogen) atoms. The van der Waals surface area contributed by atoms with Gasteiger partial charge in [-0.15, -0.1) is 0 Å². The van der Waals surface area contributed by atoms with Gasteiger partial charge in [0.25, 0.3) is 0 Å². The highest BCUT2D eigenvalue weighted by molar-refractivity contribution is 7.58. The van der Waals surface area contributed by atoms with Gasteiger partial charge in [-0.05, 0) is 22.8 Å². The summed E-state index contributed by atoms with van der Waals surface area (Å²) < 4.78 is 25.4. The average molecular weight is 735 g/mol. The van der Waals surface area contributed by atoms with Crippen molar-refractivity contribution in [3.63, 3.8) is 0 Å². The Kier molecular flexibility index (Phi) is 11.8. The summed E-state index contributed by atoms with van der Waals surface area (Å²) in [6, 6.07) is 34.8. The van der Waals surface area contributed by atoms with Gasteiger partial charge in [-0.2, -0.15) is 0 Å². The molecule has 0 spiro atoms.